The first kappa shape index (κ1) is 19.0. The molecule has 1 fully saturated rings. The molecule has 0 saturated carbocycles. The summed E-state index contributed by atoms with van der Waals surface area (Å²) in [4.78, 5) is 10.1. The maximum Gasteiger partial charge on any atom is 0.391 e. The zero-order valence-electron chi connectivity index (χ0n) is 12.2. The number of aldehydes is 1. The Kier molecular flexibility index (Phi) is 8.49. The van der Waals surface area contributed by atoms with Crippen molar-refractivity contribution in [2.45, 2.75) is 44.4 Å². The molecular formula is C16H20ClF3O2. The number of hydrogen-bond donors (Lipinski definition) is 0. The van der Waals surface area contributed by atoms with Gasteiger partial charge in [0.2, 0.25) is 0 Å². The number of halogens is 4. The average molecular weight is 337 g/mol. The van der Waals surface area contributed by atoms with Crippen molar-refractivity contribution in [1.82, 2.24) is 0 Å². The lowest BCUT2D eigenvalue weighted by molar-refractivity contribution is -0.169. The van der Waals surface area contributed by atoms with E-state index in [4.69, 9.17) is 16.3 Å². The SMILES string of the molecule is Clc1ccccc1.O=CCCC1CCOC(CC(F)(F)F)C1. The summed E-state index contributed by atoms with van der Waals surface area (Å²) in [6, 6.07) is 9.44. The van der Waals surface area contributed by atoms with Crippen LogP contribution in [0.25, 0.3) is 0 Å². The highest BCUT2D eigenvalue weighted by molar-refractivity contribution is 6.30. The van der Waals surface area contributed by atoms with Crippen LogP contribution in [0.4, 0.5) is 13.2 Å². The smallest absolute Gasteiger partial charge is 0.378 e. The lowest BCUT2D eigenvalue weighted by Crippen LogP contribution is -2.30. The van der Waals surface area contributed by atoms with Gasteiger partial charge in [0, 0.05) is 18.1 Å². The molecule has 0 bridgehead atoms. The quantitative estimate of drug-likeness (QED) is 0.719. The zero-order chi connectivity index (χ0) is 16.4. The van der Waals surface area contributed by atoms with Gasteiger partial charge < -0.3 is 9.53 Å². The van der Waals surface area contributed by atoms with Gasteiger partial charge in [-0.3, -0.25) is 0 Å². The predicted octanol–water partition coefficient (Wildman–Crippen LogP) is 5.05. The van der Waals surface area contributed by atoms with E-state index in [2.05, 4.69) is 0 Å². The third-order valence-corrected chi connectivity index (χ3v) is 3.61. The van der Waals surface area contributed by atoms with Crippen LogP contribution in [-0.2, 0) is 9.53 Å². The zero-order valence-corrected chi connectivity index (χ0v) is 12.9. The second-order valence-electron chi connectivity index (χ2n) is 5.24. The Morgan fingerprint density at radius 3 is 2.45 bits per heavy atom. The molecule has 1 aromatic rings. The summed E-state index contributed by atoms with van der Waals surface area (Å²) in [6.07, 6.45) is -2.62. The van der Waals surface area contributed by atoms with Crippen molar-refractivity contribution in [2.24, 2.45) is 5.92 Å². The summed E-state index contributed by atoms with van der Waals surface area (Å²) in [5.41, 5.74) is 0. The maximum absolute atomic E-state index is 12.1. The van der Waals surface area contributed by atoms with Gasteiger partial charge in [-0.05, 0) is 37.3 Å². The van der Waals surface area contributed by atoms with Crippen molar-refractivity contribution in [2.75, 3.05) is 6.61 Å². The molecule has 0 aliphatic carbocycles. The van der Waals surface area contributed by atoms with E-state index in [9.17, 15) is 18.0 Å². The van der Waals surface area contributed by atoms with Gasteiger partial charge in [-0.2, -0.15) is 13.2 Å². The molecule has 2 unspecified atom stereocenters. The third kappa shape index (κ3) is 9.05. The van der Waals surface area contributed by atoms with Crippen LogP contribution in [0.1, 0.15) is 32.1 Å². The summed E-state index contributed by atoms with van der Waals surface area (Å²) in [5.74, 6) is 0.205. The van der Waals surface area contributed by atoms with Crippen LogP contribution in [0.3, 0.4) is 0 Å². The minimum absolute atomic E-state index is 0.205. The second-order valence-corrected chi connectivity index (χ2v) is 5.68. The molecule has 0 spiro atoms. The normalized spacial score (nSPS) is 21.6. The number of alkyl halides is 3. The molecule has 1 saturated heterocycles. The molecule has 0 aromatic heterocycles. The molecule has 124 valence electrons. The van der Waals surface area contributed by atoms with Gasteiger partial charge >= 0.3 is 6.18 Å². The van der Waals surface area contributed by atoms with Crippen molar-refractivity contribution in [3.63, 3.8) is 0 Å². The molecule has 1 aliphatic heterocycles. The Morgan fingerprint density at radius 1 is 1.27 bits per heavy atom. The molecule has 22 heavy (non-hydrogen) atoms. The lowest BCUT2D eigenvalue weighted by atomic mass is 9.90. The van der Waals surface area contributed by atoms with E-state index >= 15 is 0 Å². The fraction of sp³-hybridized carbons (Fsp3) is 0.562. The van der Waals surface area contributed by atoms with Crippen LogP contribution in [0, 0.1) is 5.92 Å². The summed E-state index contributed by atoms with van der Waals surface area (Å²) in [5, 5.41) is 0.794. The van der Waals surface area contributed by atoms with Gasteiger partial charge in [0.25, 0.3) is 0 Å². The van der Waals surface area contributed by atoms with Crippen molar-refractivity contribution < 1.29 is 22.7 Å². The molecule has 2 atom stereocenters. The molecule has 1 aromatic carbocycles. The van der Waals surface area contributed by atoms with E-state index in [0.29, 0.717) is 25.9 Å². The molecule has 0 amide bonds. The summed E-state index contributed by atoms with van der Waals surface area (Å²) >= 11 is 5.54. The highest BCUT2D eigenvalue weighted by Crippen LogP contribution is 2.31. The van der Waals surface area contributed by atoms with Crippen LogP contribution >= 0.6 is 11.6 Å². The van der Waals surface area contributed by atoms with Gasteiger partial charge in [0.1, 0.15) is 6.29 Å². The lowest BCUT2D eigenvalue weighted by Gasteiger charge is -2.29. The van der Waals surface area contributed by atoms with E-state index in [-0.39, 0.29) is 5.92 Å². The molecule has 2 nitrogen and oxygen atoms in total. The van der Waals surface area contributed by atoms with E-state index in [1.807, 2.05) is 30.3 Å². The topological polar surface area (TPSA) is 26.3 Å². The number of carbonyl (C=O) groups excluding carboxylic acids is 1. The van der Waals surface area contributed by atoms with Gasteiger partial charge in [0.15, 0.2) is 0 Å². The van der Waals surface area contributed by atoms with Gasteiger partial charge in [-0.1, -0.05) is 29.8 Å². The minimum atomic E-state index is -4.16. The molecule has 0 N–H and O–H groups in total. The fourth-order valence-electron chi connectivity index (χ4n) is 2.34. The fourth-order valence-corrected chi connectivity index (χ4v) is 2.49. The van der Waals surface area contributed by atoms with Crippen molar-refractivity contribution in [3.8, 4) is 0 Å². The Bertz CT molecular complexity index is 423. The summed E-state index contributed by atoms with van der Waals surface area (Å²) in [6.45, 7) is 0.379. The monoisotopic (exact) mass is 336 g/mol. The summed E-state index contributed by atoms with van der Waals surface area (Å²) < 4.78 is 41.3. The molecule has 1 aliphatic rings. The van der Waals surface area contributed by atoms with Gasteiger partial charge in [-0.25, -0.2) is 0 Å². The average Bonchev–Trinajstić information content (AvgIpc) is 2.45. The van der Waals surface area contributed by atoms with Gasteiger partial charge in [-0.15, -0.1) is 0 Å². The molecule has 6 heteroatoms. The first-order valence-corrected chi connectivity index (χ1v) is 7.61. The van der Waals surface area contributed by atoms with Crippen LogP contribution < -0.4 is 0 Å². The Balaban J connectivity index is 0.000000287. The first-order chi connectivity index (χ1) is 10.4. The maximum atomic E-state index is 12.1. The van der Waals surface area contributed by atoms with E-state index in [1.54, 1.807) is 0 Å². The van der Waals surface area contributed by atoms with E-state index in [1.165, 1.54) is 0 Å². The Hall–Kier alpha value is -1.07. The highest BCUT2D eigenvalue weighted by atomic mass is 35.5. The summed E-state index contributed by atoms with van der Waals surface area (Å²) in [7, 11) is 0. The molecular weight excluding hydrogens is 317 g/mol. The first-order valence-electron chi connectivity index (χ1n) is 7.23. The molecule has 2 rings (SSSR count). The second kappa shape index (κ2) is 9.85. The van der Waals surface area contributed by atoms with Crippen LogP contribution in [-0.4, -0.2) is 25.2 Å². The van der Waals surface area contributed by atoms with E-state index in [0.717, 1.165) is 17.7 Å². The molecule has 0 radical (unpaired) electrons. The Morgan fingerprint density at radius 2 is 1.95 bits per heavy atom. The van der Waals surface area contributed by atoms with Crippen LogP contribution in [0.5, 0.6) is 0 Å². The number of ether oxygens (including phenoxy) is 1. The largest absolute Gasteiger partial charge is 0.391 e. The van der Waals surface area contributed by atoms with Gasteiger partial charge in [0.05, 0.1) is 12.5 Å². The third-order valence-electron chi connectivity index (χ3n) is 3.36. The standard InChI is InChI=1S/C10H15F3O2.C6H5Cl/c11-10(12,13)7-9-6-8(2-1-4-14)3-5-15-9;7-6-4-2-1-3-5-6/h4,8-9H,1-3,5-7H2;1-5H. The number of rotatable bonds is 4. The molecule has 1 heterocycles. The van der Waals surface area contributed by atoms with Crippen molar-refractivity contribution in [3.05, 3.63) is 35.4 Å². The Labute approximate surface area is 133 Å². The van der Waals surface area contributed by atoms with E-state index < -0.39 is 18.7 Å². The van der Waals surface area contributed by atoms with Crippen molar-refractivity contribution >= 4 is 17.9 Å². The van der Waals surface area contributed by atoms with Crippen LogP contribution in [0.2, 0.25) is 5.02 Å². The number of carbonyl (C=O) groups is 1. The minimum Gasteiger partial charge on any atom is -0.378 e. The number of hydrogen-bond acceptors (Lipinski definition) is 2. The predicted molar refractivity (Wildman–Crippen MR) is 79.9 cm³/mol. The van der Waals surface area contributed by atoms with Crippen molar-refractivity contribution in [1.29, 1.82) is 0 Å². The number of benzene rings is 1. The highest BCUT2D eigenvalue weighted by Gasteiger charge is 2.35. The van der Waals surface area contributed by atoms with Crippen LogP contribution in [0.15, 0.2) is 30.3 Å².